The first-order chi connectivity index (χ1) is 13.5. The summed E-state index contributed by atoms with van der Waals surface area (Å²) in [5.41, 5.74) is 1.82. The summed E-state index contributed by atoms with van der Waals surface area (Å²) < 4.78 is 12.8. The maximum absolute atomic E-state index is 12.2. The Kier molecular flexibility index (Phi) is 6.54. The molecule has 0 atom stereocenters. The van der Waals surface area contributed by atoms with Crippen molar-refractivity contribution in [2.75, 3.05) is 18.2 Å². The summed E-state index contributed by atoms with van der Waals surface area (Å²) >= 11 is 1.32. The molecular formula is C20H22N4O3S. The van der Waals surface area contributed by atoms with E-state index in [1.165, 1.54) is 11.8 Å². The zero-order valence-corrected chi connectivity index (χ0v) is 16.8. The van der Waals surface area contributed by atoms with Gasteiger partial charge in [0.25, 0.3) is 0 Å². The van der Waals surface area contributed by atoms with Gasteiger partial charge in [-0.1, -0.05) is 30.0 Å². The van der Waals surface area contributed by atoms with Gasteiger partial charge in [0, 0.05) is 18.8 Å². The molecule has 0 aliphatic heterocycles. The lowest BCUT2D eigenvalue weighted by molar-refractivity contribution is -0.113. The summed E-state index contributed by atoms with van der Waals surface area (Å²) in [5, 5.41) is 11.8. The normalized spacial score (nSPS) is 10.5. The van der Waals surface area contributed by atoms with E-state index in [1.807, 2.05) is 61.0 Å². The molecule has 0 aliphatic carbocycles. The summed E-state index contributed by atoms with van der Waals surface area (Å²) in [6, 6.07) is 15.1. The van der Waals surface area contributed by atoms with Gasteiger partial charge < -0.3 is 19.4 Å². The predicted molar refractivity (Wildman–Crippen MR) is 109 cm³/mol. The molecule has 0 fully saturated rings. The highest BCUT2D eigenvalue weighted by atomic mass is 32.2. The Morgan fingerprint density at radius 1 is 1.14 bits per heavy atom. The van der Waals surface area contributed by atoms with E-state index < -0.39 is 0 Å². The number of amides is 1. The van der Waals surface area contributed by atoms with Gasteiger partial charge in [-0.15, -0.1) is 10.2 Å². The standard InChI is InChI=1S/C20H22N4O3S/c1-14-6-4-9-17(10-14)27-12-18-22-23-20(24(18)2)28-13-19(25)21-15-7-5-8-16(11-15)26-3/h4-11H,12-13H2,1-3H3,(H,21,25). The minimum Gasteiger partial charge on any atom is -0.497 e. The Hall–Kier alpha value is -3.00. The Morgan fingerprint density at radius 3 is 2.71 bits per heavy atom. The smallest absolute Gasteiger partial charge is 0.234 e. The molecule has 0 spiro atoms. The molecule has 0 saturated heterocycles. The molecule has 0 unspecified atom stereocenters. The van der Waals surface area contributed by atoms with E-state index in [0.29, 0.717) is 29.0 Å². The van der Waals surface area contributed by atoms with Crippen molar-refractivity contribution in [3.63, 3.8) is 0 Å². The lowest BCUT2D eigenvalue weighted by Crippen LogP contribution is -2.14. The number of rotatable bonds is 8. The molecule has 1 heterocycles. The summed E-state index contributed by atoms with van der Waals surface area (Å²) in [6.07, 6.45) is 0. The number of methoxy groups -OCH3 is 1. The SMILES string of the molecule is COc1cccc(NC(=O)CSc2nnc(COc3cccc(C)c3)n2C)c1. The van der Waals surface area contributed by atoms with Crippen molar-refractivity contribution < 1.29 is 14.3 Å². The van der Waals surface area contributed by atoms with Crippen LogP contribution < -0.4 is 14.8 Å². The van der Waals surface area contributed by atoms with E-state index in [2.05, 4.69) is 15.5 Å². The van der Waals surface area contributed by atoms with Crippen molar-refractivity contribution in [3.05, 3.63) is 59.9 Å². The number of nitrogens with one attached hydrogen (secondary N) is 1. The molecule has 0 saturated carbocycles. The number of hydrogen-bond acceptors (Lipinski definition) is 6. The predicted octanol–water partition coefficient (Wildman–Crippen LogP) is 3.44. The molecule has 1 N–H and O–H groups in total. The number of benzene rings is 2. The van der Waals surface area contributed by atoms with E-state index in [1.54, 1.807) is 13.2 Å². The summed E-state index contributed by atoms with van der Waals surface area (Å²) in [6.45, 7) is 2.32. The highest BCUT2D eigenvalue weighted by molar-refractivity contribution is 7.99. The minimum absolute atomic E-state index is 0.126. The lowest BCUT2D eigenvalue weighted by atomic mass is 10.2. The first-order valence-corrected chi connectivity index (χ1v) is 9.68. The highest BCUT2D eigenvalue weighted by Crippen LogP contribution is 2.20. The Morgan fingerprint density at radius 2 is 1.93 bits per heavy atom. The maximum Gasteiger partial charge on any atom is 0.234 e. The largest absolute Gasteiger partial charge is 0.497 e. The van der Waals surface area contributed by atoms with Crippen molar-refractivity contribution in [3.8, 4) is 11.5 Å². The van der Waals surface area contributed by atoms with Gasteiger partial charge in [0.2, 0.25) is 5.91 Å². The molecule has 146 valence electrons. The number of hydrogen-bond donors (Lipinski definition) is 1. The molecule has 28 heavy (non-hydrogen) atoms. The monoisotopic (exact) mass is 398 g/mol. The molecule has 8 heteroatoms. The molecule has 7 nitrogen and oxygen atoms in total. The van der Waals surface area contributed by atoms with Crippen molar-refractivity contribution in [1.29, 1.82) is 0 Å². The number of carbonyl (C=O) groups excluding carboxylic acids is 1. The van der Waals surface area contributed by atoms with Crippen LogP contribution in [-0.2, 0) is 18.4 Å². The molecule has 0 aliphatic rings. The second-order valence-electron chi connectivity index (χ2n) is 6.13. The van der Waals surface area contributed by atoms with Gasteiger partial charge in [-0.05, 0) is 36.8 Å². The average Bonchev–Trinajstić information content (AvgIpc) is 3.04. The van der Waals surface area contributed by atoms with Gasteiger partial charge in [-0.3, -0.25) is 4.79 Å². The Labute approximate surface area is 168 Å². The number of carbonyl (C=O) groups is 1. The van der Waals surface area contributed by atoms with Gasteiger partial charge in [0.05, 0.1) is 12.9 Å². The van der Waals surface area contributed by atoms with E-state index in [4.69, 9.17) is 9.47 Å². The quantitative estimate of drug-likeness (QED) is 0.586. The van der Waals surface area contributed by atoms with E-state index in [-0.39, 0.29) is 11.7 Å². The second kappa shape index (κ2) is 9.27. The first-order valence-electron chi connectivity index (χ1n) is 8.69. The van der Waals surface area contributed by atoms with E-state index in [9.17, 15) is 4.79 Å². The van der Waals surface area contributed by atoms with Crippen LogP contribution in [0.1, 0.15) is 11.4 Å². The zero-order valence-electron chi connectivity index (χ0n) is 16.0. The number of aryl methyl sites for hydroxylation is 1. The van der Waals surface area contributed by atoms with Crippen LogP contribution in [0.3, 0.4) is 0 Å². The topological polar surface area (TPSA) is 78.3 Å². The number of thioether (sulfide) groups is 1. The average molecular weight is 398 g/mol. The second-order valence-corrected chi connectivity index (χ2v) is 7.07. The highest BCUT2D eigenvalue weighted by Gasteiger charge is 2.12. The third-order valence-corrected chi connectivity index (χ3v) is 4.99. The van der Waals surface area contributed by atoms with Crippen LogP contribution in [0.5, 0.6) is 11.5 Å². The molecule has 0 bridgehead atoms. The third kappa shape index (κ3) is 5.26. The summed E-state index contributed by atoms with van der Waals surface area (Å²) in [7, 11) is 3.45. The van der Waals surface area contributed by atoms with Crippen LogP contribution in [0.4, 0.5) is 5.69 Å². The van der Waals surface area contributed by atoms with Crippen LogP contribution in [0, 0.1) is 6.92 Å². The van der Waals surface area contributed by atoms with Crippen LogP contribution in [0.25, 0.3) is 0 Å². The van der Waals surface area contributed by atoms with Crippen LogP contribution in [0.2, 0.25) is 0 Å². The molecule has 3 aromatic rings. The van der Waals surface area contributed by atoms with Crippen molar-refractivity contribution >= 4 is 23.4 Å². The minimum atomic E-state index is -0.126. The molecule has 3 rings (SSSR count). The third-order valence-electron chi connectivity index (χ3n) is 3.97. The van der Waals surface area contributed by atoms with Gasteiger partial charge >= 0.3 is 0 Å². The van der Waals surface area contributed by atoms with Gasteiger partial charge in [0.15, 0.2) is 11.0 Å². The number of aromatic nitrogens is 3. The van der Waals surface area contributed by atoms with Gasteiger partial charge in [-0.2, -0.15) is 0 Å². The number of ether oxygens (including phenoxy) is 2. The molecule has 1 amide bonds. The number of anilines is 1. The fourth-order valence-corrected chi connectivity index (χ4v) is 3.21. The fourth-order valence-electron chi connectivity index (χ4n) is 2.48. The van der Waals surface area contributed by atoms with Crippen molar-refractivity contribution in [2.24, 2.45) is 7.05 Å². The van der Waals surface area contributed by atoms with Crippen LogP contribution in [0.15, 0.2) is 53.7 Å². The van der Waals surface area contributed by atoms with E-state index in [0.717, 1.165) is 11.3 Å². The zero-order chi connectivity index (χ0) is 19.9. The Bertz CT molecular complexity index is 958. The van der Waals surface area contributed by atoms with Crippen LogP contribution >= 0.6 is 11.8 Å². The molecule has 2 aromatic carbocycles. The van der Waals surface area contributed by atoms with E-state index >= 15 is 0 Å². The van der Waals surface area contributed by atoms with Crippen molar-refractivity contribution in [2.45, 2.75) is 18.7 Å². The maximum atomic E-state index is 12.2. The molecular weight excluding hydrogens is 376 g/mol. The summed E-state index contributed by atoms with van der Waals surface area (Å²) in [5.74, 6) is 2.27. The fraction of sp³-hybridized carbons (Fsp3) is 0.250. The summed E-state index contributed by atoms with van der Waals surface area (Å²) in [4.78, 5) is 12.2. The lowest BCUT2D eigenvalue weighted by Gasteiger charge is -2.08. The molecule has 0 radical (unpaired) electrons. The Balaban J connectivity index is 1.52. The van der Waals surface area contributed by atoms with Gasteiger partial charge in [0.1, 0.15) is 18.1 Å². The van der Waals surface area contributed by atoms with Gasteiger partial charge in [-0.25, -0.2) is 0 Å². The first kappa shape index (κ1) is 19.8. The molecule has 1 aromatic heterocycles. The van der Waals surface area contributed by atoms with Crippen LogP contribution in [-0.4, -0.2) is 33.5 Å². The number of nitrogens with zero attached hydrogens (tertiary/aromatic N) is 3. The van der Waals surface area contributed by atoms with Crippen molar-refractivity contribution in [1.82, 2.24) is 14.8 Å².